The number of aliphatic hydroxyl groups is 2. The lowest BCUT2D eigenvalue weighted by molar-refractivity contribution is -0.221. The molecule has 2 N–H and O–H groups in total. The number of fused-ring (bicyclic) bond motifs is 1. The van der Waals surface area contributed by atoms with Gasteiger partial charge in [0.25, 0.3) is 0 Å². The Morgan fingerprint density at radius 2 is 1.89 bits per heavy atom. The minimum absolute atomic E-state index is 0.0127. The number of hydrogen-bond acceptors (Lipinski definition) is 7. The van der Waals surface area contributed by atoms with E-state index in [4.69, 9.17) is 14.2 Å². The molecule has 1 unspecified atom stereocenters. The third-order valence-electron chi connectivity index (χ3n) is 4.71. The number of aliphatic hydroxyl groups excluding tert-OH is 2. The average Bonchev–Trinajstić information content (AvgIpc) is 3.30. The first-order valence-corrected chi connectivity index (χ1v) is 8.57. The third-order valence-corrected chi connectivity index (χ3v) is 4.71. The highest BCUT2D eigenvalue weighted by atomic mass is 19.2. The zero-order valence-electron chi connectivity index (χ0n) is 14.9. The van der Waals surface area contributed by atoms with Crippen molar-refractivity contribution in [3.63, 3.8) is 0 Å². The Morgan fingerprint density at radius 3 is 2.54 bits per heavy atom. The molecule has 0 bridgehead atoms. The molecule has 2 saturated heterocycles. The molecule has 2 fully saturated rings. The van der Waals surface area contributed by atoms with E-state index < -0.39 is 60.5 Å². The molecule has 1 aromatic carbocycles. The second-order valence-electron chi connectivity index (χ2n) is 7.15. The highest BCUT2D eigenvalue weighted by molar-refractivity contribution is 5.57. The van der Waals surface area contributed by atoms with Crippen LogP contribution in [-0.2, 0) is 14.2 Å². The van der Waals surface area contributed by atoms with Gasteiger partial charge in [0, 0.05) is 5.56 Å². The van der Waals surface area contributed by atoms with Crippen molar-refractivity contribution in [1.82, 2.24) is 15.0 Å². The van der Waals surface area contributed by atoms with Gasteiger partial charge in [-0.15, -0.1) is 5.10 Å². The molecule has 0 radical (unpaired) electrons. The summed E-state index contributed by atoms with van der Waals surface area (Å²) < 4.78 is 58.7. The number of nitrogens with zero attached hydrogens (tertiary/aromatic N) is 3. The van der Waals surface area contributed by atoms with Gasteiger partial charge in [-0.2, -0.15) is 0 Å². The van der Waals surface area contributed by atoms with E-state index in [9.17, 15) is 23.4 Å². The third kappa shape index (κ3) is 3.18. The van der Waals surface area contributed by atoms with Crippen molar-refractivity contribution in [1.29, 1.82) is 0 Å². The summed E-state index contributed by atoms with van der Waals surface area (Å²) in [5, 5.41) is 27.3. The largest absolute Gasteiger partial charge is 0.394 e. The summed E-state index contributed by atoms with van der Waals surface area (Å²) in [6.45, 7) is 2.82. The zero-order valence-corrected chi connectivity index (χ0v) is 14.9. The standard InChI is InChI=1S/C17H18F3N3O5/c1-17(2)27-15-13(14(11(25)6-24)26-16(15)28-17)23-5-10(21-22-23)7-3-8(18)12(20)9(19)4-7/h3-5,11,13-16,24-25H,6H2,1-2H3/t11-,13?,14+,15+,16-/m1/s1. The van der Waals surface area contributed by atoms with Crippen LogP contribution in [0.25, 0.3) is 11.3 Å². The number of hydrogen-bond donors (Lipinski definition) is 2. The van der Waals surface area contributed by atoms with Crippen molar-refractivity contribution in [2.45, 2.75) is 50.3 Å². The molecule has 0 saturated carbocycles. The van der Waals surface area contributed by atoms with Crippen molar-refractivity contribution in [2.24, 2.45) is 0 Å². The van der Waals surface area contributed by atoms with Crippen LogP contribution in [0.5, 0.6) is 0 Å². The first-order chi connectivity index (χ1) is 13.2. The summed E-state index contributed by atoms with van der Waals surface area (Å²) in [6.07, 6.45) is -2.28. The first-order valence-electron chi connectivity index (χ1n) is 8.57. The summed E-state index contributed by atoms with van der Waals surface area (Å²) in [6, 6.07) is 0.878. The van der Waals surface area contributed by atoms with E-state index in [1.807, 2.05) is 0 Å². The molecule has 5 atom stereocenters. The van der Waals surface area contributed by atoms with Crippen LogP contribution in [0.3, 0.4) is 0 Å². The number of benzene rings is 1. The van der Waals surface area contributed by atoms with Crippen LogP contribution in [0.1, 0.15) is 19.9 Å². The van der Waals surface area contributed by atoms with E-state index in [1.165, 1.54) is 10.9 Å². The lowest BCUT2D eigenvalue weighted by Crippen LogP contribution is -2.40. The van der Waals surface area contributed by atoms with Crippen molar-refractivity contribution in [2.75, 3.05) is 6.61 Å². The molecular weight excluding hydrogens is 383 g/mol. The van der Waals surface area contributed by atoms with E-state index in [0.717, 1.165) is 12.1 Å². The van der Waals surface area contributed by atoms with Crippen LogP contribution in [0.15, 0.2) is 18.3 Å². The number of ether oxygens (including phenoxy) is 3. The second-order valence-corrected chi connectivity index (χ2v) is 7.15. The predicted octanol–water partition coefficient (Wildman–Crippen LogP) is 1.13. The van der Waals surface area contributed by atoms with Crippen molar-refractivity contribution < 1.29 is 37.6 Å². The molecule has 0 aliphatic carbocycles. The predicted molar refractivity (Wildman–Crippen MR) is 86.2 cm³/mol. The maximum atomic E-state index is 13.5. The van der Waals surface area contributed by atoms with E-state index in [0.29, 0.717) is 0 Å². The maximum Gasteiger partial charge on any atom is 0.194 e. The van der Waals surface area contributed by atoms with Gasteiger partial charge in [-0.1, -0.05) is 5.21 Å². The van der Waals surface area contributed by atoms with E-state index >= 15 is 0 Å². The first kappa shape index (κ1) is 19.3. The van der Waals surface area contributed by atoms with Gasteiger partial charge in [-0.3, -0.25) is 0 Å². The Bertz CT molecular complexity index is 870. The molecule has 1 aromatic heterocycles. The van der Waals surface area contributed by atoms with Crippen LogP contribution in [-0.4, -0.2) is 62.2 Å². The normalized spacial score (nSPS) is 29.8. The molecule has 152 valence electrons. The van der Waals surface area contributed by atoms with Crippen LogP contribution in [0.4, 0.5) is 13.2 Å². The summed E-state index contributed by atoms with van der Waals surface area (Å²) >= 11 is 0. The lowest BCUT2D eigenvalue weighted by Gasteiger charge is -2.27. The van der Waals surface area contributed by atoms with E-state index in [2.05, 4.69) is 10.3 Å². The monoisotopic (exact) mass is 401 g/mol. The van der Waals surface area contributed by atoms with Gasteiger partial charge in [-0.05, 0) is 26.0 Å². The van der Waals surface area contributed by atoms with Gasteiger partial charge >= 0.3 is 0 Å². The SMILES string of the molecule is CC1(C)O[C@H]2O[C@@H]([C@H](O)CO)C(n3cc(-c4cc(F)c(F)c(F)c4)nn3)[C@@H]2O1. The minimum Gasteiger partial charge on any atom is -0.394 e. The Balaban J connectivity index is 1.69. The fourth-order valence-electron chi connectivity index (χ4n) is 3.50. The topological polar surface area (TPSA) is 98.9 Å². The molecule has 3 heterocycles. The molecule has 0 spiro atoms. The van der Waals surface area contributed by atoms with Crippen LogP contribution in [0.2, 0.25) is 0 Å². The quantitative estimate of drug-likeness (QED) is 0.741. The fraction of sp³-hybridized carbons (Fsp3) is 0.529. The average molecular weight is 401 g/mol. The van der Waals surface area contributed by atoms with Crippen LogP contribution in [0, 0.1) is 17.5 Å². The lowest BCUT2D eigenvalue weighted by atomic mass is 10.0. The van der Waals surface area contributed by atoms with Crippen molar-refractivity contribution in [3.05, 3.63) is 35.8 Å². The van der Waals surface area contributed by atoms with Gasteiger partial charge in [0.05, 0.1) is 12.8 Å². The highest BCUT2D eigenvalue weighted by Crippen LogP contribution is 2.44. The van der Waals surface area contributed by atoms with Crippen LogP contribution < -0.4 is 0 Å². The molecular formula is C17H18F3N3O5. The summed E-state index contributed by atoms with van der Waals surface area (Å²) in [5.41, 5.74) is 0.0676. The molecule has 2 aliphatic rings. The Hall–Kier alpha value is -2.05. The van der Waals surface area contributed by atoms with Crippen LogP contribution >= 0.6 is 0 Å². The van der Waals surface area contributed by atoms with E-state index in [-0.39, 0.29) is 11.3 Å². The molecule has 2 aliphatic heterocycles. The summed E-state index contributed by atoms with van der Waals surface area (Å²) in [5.74, 6) is -5.21. The van der Waals surface area contributed by atoms with Crippen molar-refractivity contribution in [3.8, 4) is 11.3 Å². The number of aromatic nitrogens is 3. The second kappa shape index (κ2) is 6.78. The Labute approximate surface area is 157 Å². The molecule has 4 rings (SSSR count). The number of rotatable bonds is 4. The van der Waals surface area contributed by atoms with Gasteiger partial charge in [0.1, 0.15) is 30.0 Å². The summed E-state index contributed by atoms with van der Waals surface area (Å²) in [7, 11) is 0. The Morgan fingerprint density at radius 1 is 1.21 bits per heavy atom. The van der Waals surface area contributed by atoms with Gasteiger partial charge in [0.15, 0.2) is 29.5 Å². The summed E-state index contributed by atoms with van der Waals surface area (Å²) in [4.78, 5) is 0. The van der Waals surface area contributed by atoms with Gasteiger partial charge < -0.3 is 24.4 Å². The molecule has 11 heteroatoms. The van der Waals surface area contributed by atoms with E-state index in [1.54, 1.807) is 13.8 Å². The fourth-order valence-corrected chi connectivity index (χ4v) is 3.50. The maximum absolute atomic E-state index is 13.5. The zero-order chi connectivity index (χ0) is 20.2. The van der Waals surface area contributed by atoms with Gasteiger partial charge in [-0.25, -0.2) is 17.9 Å². The van der Waals surface area contributed by atoms with Gasteiger partial charge in [0.2, 0.25) is 0 Å². The highest BCUT2D eigenvalue weighted by Gasteiger charge is 2.57. The minimum atomic E-state index is -1.58. The number of halogens is 3. The molecule has 28 heavy (non-hydrogen) atoms. The van der Waals surface area contributed by atoms with Crippen molar-refractivity contribution >= 4 is 0 Å². The Kier molecular flexibility index (Phi) is 4.67. The smallest absolute Gasteiger partial charge is 0.194 e. The molecule has 8 nitrogen and oxygen atoms in total. The molecule has 0 amide bonds. The molecule has 2 aromatic rings.